The highest BCUT2D eigenvalue weighted by atomic mass is 79.9. The fraction of sp³-hybridized carbons (Fsp3) is 0.385. The van der Waals surface area contributed by atoms with Gasteiger partial charge in [0.2, 0.25) is 5.91 Å². The van der Waals surface area contributed by atoms with Gasteiger partial charge in [-0.1, -0.05) is 35.8 Å². The molecule has 2 atom stereocenters. The maximum Gasteiger partial charge on any atom is 0.307 e. The molecule has 0 aliphatic carbocycles. The van der Waals surface area contributed by atoms with E-state index in [9.17, 15) is 9.59 Å². The average Bonchev–Trinajstić information content (AvgIpc) is 2.32. The second-order valence-corrected chi connectivity index (χ2v) is 5.17. The zero-order valence-corrected chi connectivity index (χ0v) is 12.1. The van der Waals surface area contributed by atoms with Crippen molar-refractivity contribution in [2.45, 2.75) is 20.8 Å². The van der Waals surface area contributed by atoms with Gasteiger partial charge in [0.05, 0.1) is 5.92 Å². The molecular weight excluding hydrogens is 298 g/mol. The van der Waals surface area contributed by atoms with E-state index in [4.69, 9.17) is 5.11 Å². The van der Waals surface area contributed by atoms with Crippen LogP contribution in [0.2, 0.25) is 0 Å². The number of halogens is 1. The average molecular weight is 314 g/mol. The van der Waals surface area contributed by atoms with Crippen LogP contribution >= 0.6 is 15.9 Å². The summed E-state index contributed by atoms with van der Waals surface area (Å²) in [5, 5.41) is 11.6. The molecule has 1 amide bonds. The smallest absolute Gasteiger partial charge is 0.307 e. The minimum atomic E-state index is -0.969. The first-order chi connectivity index (χ1) is 8.34. The molecule has 0 heterocycles. The summed E-state index contributed by atoms with van der Waals surface area (Å²) in [6.45, 7) is 5.02. The third kappa shape index (κ3) is 3.32. The molecule has 0 aliphatic heterocycles. The van der Waals surface area contributed by atoms with E-state index >= 15 is 0 Å². The van der Waals surface area contributed by atoms with Gasteiger partial charge in [-0.15, -0.1) is 0 Å². The zero-order chi connectivity index (χ0) is 13.9. The summed E-state index contributed by atoms with van der Waals surface area (Å²) in [5.41, 5.74) is 1.61. The number of carboxylic acids is 1. The predicted octanol–water partition coefficient (Wildman–Crippen LogP) is 3.05. The zero-order valence-electron chi connectivity index (χ0n) is 10.5. The fourth-order valence-electron chi connectivity index (χ4n) is 1.43. The van der Waals surface area contributed by atoms with Gasteiger partial charge in [-0.3, -0.25) is 9.59 Å². The monoisotopic (exact) mass is 313 g/mol. The number of rotatable bonds is 4. The summed E-state index contributed by atoms with van der Waals surface area (Å²) in [4.78, 5) is 22.8. The number of hydrogen-bond donors (Lipinski definition) is 2. The Hall–Kier alpha value is -1.36. The second kappa shape index (κ2) is 6.00. The van der Waals surface area contributed by atoms with Crippen molar-refractivity contribution >= 4 is 33.5 Å². The molecular formula is C13H16BrNO3. The lowest BCUT2D eigenvalue weighted by Crippen LogP contribution is -2.30. The number of anilines is 1. The van der Waals surface area contributed by atoms with E-state index in [1.54, 1.807) is 13.0 Å². The predicted molar refractivity (Wildman–Crippen MR) is 73.5 cm³/mol. The third-order valence-electron chi connectivity index (χ3n) is 3.08. The number of carbonyl (C=O) groups is 2. The Labute approximate surface area is 115 Å². The molecule has 2 unspecified atom stereocenters. The standard InChI is InChI=1S/C13H16BrNO3/c1-7(8(2)13(17)18)12(16)15-11-6-4-5-10(14)9(11)3/h4-8H,1-3H3,(H,15,16)(H,17,18). The lowest BCUT2D eigenvalue weighted by Gasteiger charge is -2.17. The molecule has 18 heavy (non-hydrogen) atoms. The first-order valence-electron chi connectivity index (χ1n) is 5.63. The summed E-state index contributed by atoms with van der Waals surface area (Å²) >= 11 is 3.38. The molecule has 2 N–H and O–H groups in total. The molecule has 1 aromatic carbocycles. The Bertz CT molecular complexity index is 473. The van der Waals surface area contributed by atoms with Crippen molar-refractivity contribution in [3.63, 3.8) is 0 Å². The highest BCUT2D eigenvalue weighted by Crippen LogP contribution is 2.24. The summed E-state index contributed by atoms with van der Waals surface area (Å²) in [5.74, 6) is -2.55. The normalized spacial score (nSPS) is 13.8. The minimum absolute atomic E-state index is 0.286. The van der Waals surface area contributed by atoms with Crippen molar-refractivity contribution in [3.05, 3.63) is 28.2 Å². The van der Waals surface area contributed by atoms with E-state index in [1.807, 2.05) is 19.1 Å². The first kappa shape index (κ1) is 14.7. The summed E-state index contributed by atoms with van der Waals surface area (Å²) in [6.07, 6.45) is 0. The molecule has 0 saturated carbocycles. The van der Waals surface area contributed by atoms with E-state index in [0.717, 1.165) is 10.0 Å². The van der Waals surface area contributed by atoms with Gasteiger partial charge < -0.3 is 10.4 Å². The van der Waals surface area contributed by atoms with Crippen LogP contribution in [0.25, 0.3) is 0 Å². The first-order valence-corrected chi connectivity index (χ1v) is 6.42. The molecule has 0 aromatic heterocycles. The number of amides is 1. The maximum absolute atomic E-state index is 11.9. The maximum atomic E-state index is 11.9. The molecule has 0 fully saturated rings. The Morgan fingerprint density at radius 2 is 1.89 bits per heavy atom. The molecule has 0 aliphatic rings. The third-order valence-corrected chi connectivity index (χ3v) is 3.94. The lowest BCUT2D eigenvalue weighted by atomic mass is 9.95. The number of nitrogens with one attached hydrogen (secondary N) is 1. The highest BCUT2D eigenvalue weighted by Gasteiger charge is 2.26. The van der Waals surface area contributed by atoms with Crippen molar-refractivity contribution in [2.75, 3.05) is 5.32 Å². The second-order valence-electron chi connectivity index (χ2n) is 4.32. The molecule has 4 nitrogen and oxygen atoms in total. The molecule has 98 valence electrons. The number of carbonyl (C=O) groups excluding carboxylic acids is 1. The number of aliphatic carboxylic acids is 1. The summed E-state index contributed by atoms with van der Waals surface area (Å²) < 4.78 is 0.902. The van der Waals surface area contributed by atoms with Gasteiger partial charge in [0.15, 0.2) is 0 Å². The number of hydrogen-bond acceptors (Lipinski definition) is 2. The van der Waals surface area contributed by atoms with Crippen LogP contribution in [0, 0.1) is 18.8 Å². The van der Waals surface area contributed by atoms with Gasteiger partial charge in [0, 0.05) is 16.1 Å². The quantitative estimate of drug-likeness (QED) is 0.897. The van der Waals surface area contributed by atoms with Crippen LogP contribution in [0.1, 0.15) is 19.4 Å². The molecule has 5 heteroatoms. The summed E-state index contributed by atoms with van der Waals surface area (Å²) in [6, 6.07) is 5.49. The van der Waals surface area contributed by atoms with Crippen LogP contribution in [-0.4, -0.2) is 17.0 Å². The molecule has 0 spiro atoms. The Kier molecular flexibility index (Phi) is 4.90. The molecule has 0 radical (unpaired) electrons. The van der Waals surface area contributed by atoms with Gasteiger partial charge >= 0.3 is 5.97 Å². The van der Waals surface area contributed by atoms with Crippen LogP contribution in [0.15, 0.2) is 22.7 Å². The SMILES string of the molecule is Cc1c(Br)cccc1NC(=O)C(C)C(C)C(=O)O. The van der Waals surface area contributed by atoms with Gasteiger partial charge in [-0.25, -0.2) is 0 Å². The largest absolute Gasteiger partial charge is 0.481 e. The van der Waals surface area contributed by atoms with E-state index < -0.39 is 17.8 Å². The van der Waals surface area contributed by atoms with Gasteiger partial charge in [0.1, 0.15) is 0 Å². The molecule has 0 saturated heterocycles. The highest BCUT2D eigenvalue weighted by molar-refractivity contribution is 9.10. The Morgan fingerprint density at radius 1 is 1.28 bits per heavy atom. The van der Waals surface area contributed by atoms with Crippen LogP contribution in [0.5, 0.6) is 0 Å². The van der Waals surface area contributed by atoms with Gasteiger partial charge in [0.25, 0.3) is 0 Å². The molecule has 1 rings (SSSR count). The fourth-order valence-corrected chi connectivity index (χ4v) is 1.80. The topological polar surface area (TPSA) is 66.4 Å². The lowest BCUT2D eigenvalue weighted by molar-refractivity contribution is -0.145. The Balaban J connectivity index is 2.82. The van der Waals surface area contributed by atoms with E-state index in [-0.39, 0.29) is 5.91 Å². The Morgan fingerprint density at radius 3 is 2.44 bits per heavy atom. The van der Waals surface area contributed by atoms with Crippen molar-refractivity contribution in [1.82, 2.24) is 0 Å². The summed E-state index contributed by atoms with van der Waals surface area (Å²) in [7, 11) is 0. The van der Waals surface area contributed by atoms with E-state index in [1.165, 1.54) is 6.92 Å². The van der Waals surface area contributed by atoms with Gasteiger partial charge in [-0.2, -0.15) is 0 Å². The van der Waals surface area contributed by atoms with E-state index in [0.29, 0.717) is 5.69 Å². The van der Waals surface area contributed by atoms with Crippen molar-refractivity contribution in [2.24, 2.45) is 11.8 Å². The van der Waals surface area contributed by atoms with Crippen molar-refractivity contribution in [1.29, 1.82) is 0 Å². The number of carboxylic acid groups (broad SMARTS) is 1. The molecule has 0 bridgehead atoms. The van der Waals surface area contributed by atoms with Crippen LogP contribution in [0.4, 0.5) is 5.69 Å². The van der Waals surface area contributed by atoms with Crippen LogP contribution < -0.4 is 5.32 Å². The molecule has 1 aromatic rings. The number of benzene rings is 1. The van der Waals surface area contributed by atoms with Crippen LogP contribution in [-0.2, 0) is 9.59 Å². The van der Waals surface area contributed by atoms with Crippen molar-refractivity contribution < 1.29 is 14.7 Å². The van der Waals surface area contributed by atoms with Crippen molar-refractivity contribution in [3.8, 4) is 0 Å². The van der Waals surface area contributed by atoms with E-state index in [2.05, 4.69) is 21.2 Å². The minimum Gasteiger partial charge on any atom is -0.481 e. The van der Waals surface area contributed by atoms with Crippen LogP contribution in [0.3, 0.4) is 0 Å². The van der Waals surface area contributed by atoms with Gasteiger partial charge in [-0.05, 0) is 24.6 Å².